The zero-order chi connectivity index (χ0) is 9.84. The molecule has 0 saturated heterocycles. The molecule has 0 atom stereocenters. The fraction of sp³-hybridized carbons (Fsp3) is 0.667. The van der Waals surface area contributed by atoms with E-state index in [9.17, 15) is 0 Å². The minimum absolute atomic E-state index is 0.748. The number of aryl methyl sites for hydroxylation is 1. The molecule has 0 unspecified atom stereocenters. The Hall–Kier alpha value is -0.640. The fourth-order valence-electron chi connectivity index (χ4n) is 0.990. The van der Waals surface area contributed by atoms with Gasteiger partial charge in [0.1, 0.15) is 5.03 Å². The molecule has 0 bridgehead atoms. The minimum Gasteiger partial charge on any atom is -0.395 e. The first-order valence-corrected chi connectivity index (χ1v) is 5.50. The summed E-state index contributed by atoms with van der Waals surface area (Å²) in [6, 6.07) is 0. The highest BCUT2D eigenvalue weighted by Gasteiger charge is 2.04. The molecule has 3 nitrogen and oxygen atoms in total. The molecule has 4 heteroatoms. The Kier molecular flexibility index (Phi) is 3.66. The summed E-state index contributed by atoms with van der Waals surface area (Å²) in [5.74, 6) is 1.84. The largest absolute Gasteiger partial charge is 0.395 e. The highest BCUT2D eigenvalue weighted by molar-refractivity contribution is 7.99. The number of aromatic nitrogens is 2. The quantitative estimate of drug-likeness (QED) is 0.756. The van der Waals surface area contributed by atoms with Crippen molar-refractivity contribution in [2.75, 3.05) is 11.5 Å². The van der Waals surface area contributed by atoms with E-state index in [-0.39, 0.29) is 0 Å². The number of rotatable bonds is 4. The van der Waals surface area contributed by atoms with Gasteiger partial charge in [-0.1, -0.05) is 13.8 Å². The lowest BCUT2D eigenvalue weighted by Gasteiger charge is -2.02. The SMILES string of the molecule is CC(C)CCSc1nn(C)cc1N. The molecule has 1 aromatic rings. The maximum absolute atomic E-state index is 5.75. The number of nitrogens with zero attached hydrogens (tertiary/aromatic N) is 2. The Morgan fingerprint density at radius 1 is 1.62 bits per heavy atom. The first-order valence-electron chi connectivity index (χ1n) is 4.51. The second kappa shape index (κ2) is 4.56. The standard InChI is InChI=1S/C9H17N3S/c1-7(2)4-5-13-9-8(10)6-12(3)11-9/h6-7H,4-5,10H2,1-3H3. The number of anilines is 1. The predicted molar refractivity (Wildman–Crippen MR) is 57.8 cm³/mol. The molecule has 0 aliphatic rings. The molecule has 0 amide bonds. The van der Waals surface area contributed by atoms with Crippen molar-refractivity contribution >= 4 is 17.4 Å². The van der Waals surface area contributed by atoms with Gasteiger partial charge in [0, 0.05) is 13.2 Å². The van der Waals surface area contributed by atoms with Crippen LogP contribution in [0.2, 0.25) is 0 Å². The number of thioether (sulfide) groups is 1. The van der Waals surface area contributed by atoms with Gasteiger partial charge >= 0.3 is 0 Å². The van der Waals surface area contributed by atoms with Crippen LogP contribution in [0.1, 0.15) is 20.3 Å². The van der Waals surface area contributed by atoms with Crippen LogP contribution in [0, 0.1) is 5.92 Å². The van der Waals surface area contributed by atoms with Gasteiger partial charge in [0.2, 0.25) is 0 Å². The second-order valence-corrected chi connectivity index (χ2v) is 4.68. The van der Waals surface area contributed by atoms with Crippen LogP contribution >= 0.6 is 11.8 Å². The number of nitrogens with two attached hydrogens (primary N) is 1. The van der Waals surface area contributed by atoms with Crippen molar-refractivity contribution < 1.29 is 0 Å². The molecule has 1 rings (SSSR count). The summed E-state index contributed by atoms with van der Waals surface area (Å²) in [5.41, 5.74) is 6.54. The van der Waals surface area contributed by atoms with Crippen molar-refractivity contribution in [2.45, 2.75) is 25.3 Å². The maximum Gasteiger partial charge on any atom is 0.141 e. The molecular weight excluding hydrogens is 182 g/mol. The zero-order valence-corrected chi connectivity index (χ0v) is 9.27. The summed E-state index contributed by atoms with van der Waals surface area (Å²) in [4.78, 5) is 0. The molecule has 0 aromatic carbocycles. The number of hydrogen-bond acceptors (Lipinski definition) is 3. The van der Waals surface area contributed by atoms with Gasteiger partial charge in [-0.3, -0.25) is 4.68 Å². The first kappa shape index (κ1) is 10.4. The van der Waals surface area contributed by atoms with E-state index in [4.69, 9.17) is 5.73 Å². The molecule has 1 aromatic heterocycles. The maximum atomic E-state index is 5.75. The Bertz CT molecular complexity index is 268. The lowest BCUT2D eigenvalue weighted by molar-refractivity contribution is 0.631. The van der Waals surface area contributed by atoms with Crippen LogP contribution in [0.3, 0.4) is 0 Å². The third kappa shape index (κ3) is 3.30. The van der Waals surface area contributed by atoms with Gasteiger partial charge in [-0.2, -0.15) is 5.10 Å². The molecule has 1 heterocycles. The van der Waals surface area contributed by atoms with Crippen molar-refractivity contribution in [3.63, 3.8) is 0 Å². The summed E-state index contributed by atoms with van der Waals surface area (Å²) in [6.45, 7) is 4.45. The summed E-state index contributed by atoms with van der Waals surface area (Å²) in [6.07, 6.45) is 3.05. The van der Waals surface area contributed by atoms with Crippen molar-refractivity contribution in [1.29, 1.82) is 0 Å². The third-order valence-electron chi connectivity index (χ3n) is 1.76. The predicted octanol–water partition coefficient (Wildman–Crippen LogP) is 2.14. The van der Waals surface area contributed by atoms with E-state index in [2.05, 4.69) is 18.9 Å². The lowest BCUT2D eigenvalue weighted by Crippen LogP contribution is -1.91. The Morgan fingerprint density at radius 2 is 2.31 bits per heavy atom. The summed E-state index contributed by atoms with van der Waals surface area (Å²) >= 11 is 1.74. The molecule has 13 heavy (non-hydrogen) atoms. The van der Waals surface area contributed by atoms with Gasteiger partial charge in [-0.15, -0.1) is 11.8 Å². The van der Waals surface area contributed by atoms with Crippen molar-refractivity contribution in [3.8, 4) is 0 Å². The number of hydrogen-bond donors (Lipinski definition) is 1. The highest BCUT2D eigenvalue weighted by Crippen LogP contribution is 2.23. The van der Waals surface area contributed by atoms with Crippen LogP contribution in [0.15, 0.2) is 11.2 Å². The molecule has 74 valence electrons. The molecule has 0 aliphatic heterocycles. The highest BCUT2D eigenvalue weighted by atomic mass is 32.2. The lowest BCUT2D eigenvalue weighted by atomic mass is 10.2. The summed E-state index contributed by atoms with van der Waals surface area (Å²) in [5, 5.41) is 5.22. The third-order valence-corrected chi connectivity index (χ3v) is 2.79. The topological polar surface area (TPSA) is 43.8 Å². The van der Waals surface area contributed by atoms with Crippen LogP contribution in [0.4, 0.5) is 5.69 Å². The van der Waals surface area contributed by atoms with E-state index >= 15 is 0 Å². The van der Waals surface area contributed by atoms with Crippen LogP contribution in [-0.4, -0.2) is 15.5 Å². The van der Waals surface area contributed by atoms with Gasteiger partial charge < -0.3 is 5.73 Å². The normalized spacial score (nSPS) is 11.1. The molecular formula is C9H17N3S. The summed E-state index contributed by atoms with van der Waals surface area (Å²) in [7, 11) is 1.89. The molecule has 0 radical (unpaired) electrons. The Labute approximate surface area is 83.7 Å². The zero-order valence-electron chi connectivity index (χ0n) is 8.45. The van der Waals surface area contributed by atoms with Gasteiger partial charge in [-0.25, -0.2) is 0 Å². The van der Waals surface area contributed by atoms with Gasteiger partial charge in [-0.05, 0) is 18.1 Å². The van der Waals surface area contributed by atoms with E-state index in [0.717, 1.165) is 22.4 Å². The van der Waals surface area contributed by atoms with Crippen molar-refractivity contribution in [2.24, 2.45) is 13.0 Å². The number of nitrogen functional groups attached to an aromatic ring is 1. The van der Waals surface area contributed by atoms with E-state index in [1.54, 1.807) is 16.4 Å². The van der Waals surface area contributed by atoms with E-state index in [0.29, 0.717) is 0 Å². The Morgan fingerprint density at radius 3 is 2.77 bits per heavy atom. The molecule has 0 aliphatic carbocycles. The molecule has 0 fully saturated rings. The van der Waals surface area contributed by atoms with Crippen molar-refractivity contribution in [1.82, 2.24) is 9.78 Å². The van der Waals surface area contributed by atoms with E-state index < -0.39 is 0 Å². The second-order valence-electron chi connectivity index (χ2n) is 3.59. The fourth-order valence-corrected chi connectivity index (χ4v) is 2.18. The van der Waals surface area contributed by atoms with Gasteiger partial charge in [0.05, 0.1) is 5.69 Å². The van der Waals surface area contributed by atoms with Crippen molar-refractivity contribution in [3.05, 3.63) is 6.20 Å². The van der Waals surface area contributed by atoms with Crippen LogP contribution in [-0.2, 0) is 7.05 Å². The molecule has 0 spiro atoms. The van der Waals surface area contributed by atoms with Gasteiger partial charge in [0.15, 0.2) is 0 Å². The van der Waals surface area contributed by atoms with E-state index in [1.807, 2.05) is 13.2 Å². The average Bonchev–Trinajstić information content (AvgIpc) is 2.29. The van der Waals surface area contributed by atoms with Gasteiger partial charge in [0.25, 0.3) is 0 Å². The van der Waals surface area contributed by atoms with Crippen LogP contribution in [0.25, 0.3) is 0 Å². The van der Waals surface area contributed by atoms with Crippen LogP contribution in [0.5, 0.6) is 0 Å². The van der Waals surface area contributed by atoms with E-state index in [1.165, 1.54) is 6.42 Å². The van der Waals surface area contributed by atoms with Crippen LogP contribution < -0.4 is 5.73 Å². The smallest absolute Gasteiger partial charge is 0.141 e. The molecule has 0 saturated carbocycles. The molecule has 2 N–H and O–H groups in total. The monoisotopic (exact) mass is 199 g/mol. The Balaban J connectivity index is 2.40. The minimum atomic E-state index is 0.748. The summed E-state index contributed by atoms with van der Waals surface area (Å²) < 4.78 is 1.76. The average molecular weight is 199 g/mol. The first-order chi connectivity index (χ1) is 6.09.